The second kappa shape index (κ2) is 9.71. The van der Waals surface area contributed by atoms with Gasteiger partial charge >= 0.3 is 0 Å². The van der Waals surface area contributed by atoms with Gasteiger partial charge in [0.1, 0.15) is 6.04 Å². The molecule has 1 aliphatic heterocycles. The summed E-state index contributed by atoms with van der Waals surface area (Å²) in [6.45, 7) is 5.95. The first-order valence-electron chi connectivity index (χ1n) is 10.2. The average Bonchev–Trinajstić information content (AvgIpc) is 3.21. The van der Waals surface area contributed by atoms with Gasteiger partial charge in [0.05, 0.1) is 10.6 Å². The zero-order valence-corrected chi connectivity index (χ0v) is 19.2. The third-order valence-corrected chi connectivity index (χ3v) is 5.83. The Kier molecular flexibility index (Phi) is 7.23. The van der Waals surface area contributed by atoms with Crippen LogP contribution in [0.5, 0.6) is 0 Å². The van der Waals surface area contributed by atoms with Gasteiger partial charge in [-0.3, -0.25) is 14.4 Å². The SMILES string of the molecule is Cc1ccc(NC(=O)C(C)C)cc1NC(=O)C1CCCN1C(=O)c1cc(Cl)ccc1Cl. The number of hydrogen-bond acceptors (Lipinski definition) is 3. The van der Waals surface area contributed by atoms with E-state index in [-0.39, 0.29) is 29.2 Å². The Hall–Kier alpha value is -2.57. The zero-order valence-electron chi connectivity index (χ0n) is 17.7. The summed E-state index contributed by atoms with van der Waals surface area (Å²) in [5, 5.41) is 6.45. The van der Waals surface area contributed by atoms with Crippen LogP contribution in [0.1, 0.15) is 42.6 Å². The fourth-order valence-corrected chi connectivity index (χ4v) is 3.81. The second-order valence-corrected chi connectivity index (χ2v) is 8.79. The maximum absolute atomic E-state index is 13.1. The third kappa shape index (κ3) is 5.38. The lowest BCUT2D eigenvalue weighted by atomic mass is 10.1. The normalized spacial score (nSPS) is 15.8. The molecule has 0 bridgehead atoms. The minimum absolute atomic E-state index is 0.105. The molecular weight excluding hydrogens is 437 g/mol. The van der Waals surface area contributed by atoms with E-state index >= 15 is 0 Å². The Labute approximate surface area is 191 Å². The Morgan fingerprint density at radius 3 is 2.52 bits per heavy atom. The first-order valence-corrected chi connectivity index (χ1v) is 10.9. The number of nitrogens with zero attached hydrogens (tertiary/aromatic N) is 1. The molecule has 164 valence electrons. The smallest absolute Gasteiger partial charge is 0.256 e. The van der Waals surface area contributed by atoms with Gasteiger partial charge in [-0.25, -0.2) is 0 Å². The van der Waals surface area contributed by atoms with Crippen LogP contribution in [0.4, 0.5) is 11.4 Å². The number of rotatable bonds is 5. The number of halogens is 2. The molecule has 0 radical (unpaired) electrons. The summed E-state index contributed by atoms with van der Waals surface area (Å²) in [4.78, 5) is 39.6. The highest BCUT2D eigenvalue weighted by atomic mass is 35.5. The van der Waals surface area contributed by atoms with Gasteiger partial charge in [0, 0.05) is 28.9 Å². The van der Waals surface area contributed by atoms with Crippen molar-refractivity contribution in [1.29, 1.82) is 0 Å². The molecule has 2 N–H and O–H groups in total. The van der Waals surface area contributed by atoms with E-state index in [1.807, 2.05) is 26.8 Å². The van der Waals surface area contributed by atoms with Crippen molar-refractivity contribution < 1.29 is 14.4 Å². The Bertz CT molecular complexity index is 1020. The summed E-state index contributed by atoms with van der Waals surface area (Å²) in [6.07, 6.45) is 1.27. The number of anilines is 2. The highest BCUT2D eigenvalue weighted by Gasteiger charge is 2.35. The van der Waals surface area contributed by atoms with Crippen LogP contribution < -0.4 is 10.6 Å². The number of aryl methyl sites for hydroxylation is 1. The number of benzene rings is 2. The van der Waals surface area contributed by atoms with Crippen molar-refractivity contribution in [1.82, 2.24) is 4.90 Å². The lowest BCUT2D eigenvalue weighted by Gasteiger charge is -2.25. The standard InChI is InChI=1S/C23H25Cl2N3O3/c1-13(2)21(29)26-16-8-6-14(3)19(12-16)27-22(30)20-5-4-10-28(20)23(31)17-11-15(24)7-9-18(17)25/h6-9,11-13,20H,4-5,10H2,1-3H3,(H,26,29)(H,27,30). The summed E-state index contributed by atoms with van der Waals surface area (Å²) < 4.78 is 0. The quantitative estimate of drug-likeness (QED) is 0.646. The number of carbonyl (C=O) groups is 3. The average molecular weight is 462 g/mol. The molecule has 2 aromatic carbocycles. The van der Waals surface area contributed by atoms with Gasteiger partial charge < -0.3 is 15.5 Å². The fraction of sp³-hybridized carbons (Fsp3) is 0.348. The summed E-state index contributed by atoms with van der Waals surface area (Å²) in [6, 6.07) is 9.43. The molecule has 1 heterocycles. The Morgan fingerprint density at radius 2 is 1.81 bits per heavy atom. The van der Waals surface area contributed by atoms with Crippen molar-refractivity contribution in [3.05, 3.63) is 57.6 Å². The Balaban J connectivity index is 1.77. The third-order valence-electron chi connectivity index (χ3n) is 5.26. The van der Waals surface area contributed by atoms with Crippen LogP contribution in [0.25, 0.3) is 0 Å². The van der Waals surface area contributed by atoms with Crippen LogP contribution in [0.2, 0.25) is 10.0 Å². The monoisotopic (exact) mass is 461 g/mol. The predicted molar refractivity (Wildman–Crippen MR) is 124 cm³/mol. The van der Waals surface area contributed by atoms with Gasteiger partial charge in [-0.15, -0.1) is 0 Å². The van der Waals surface area contributed by atoms with E-state index in [0.717, 1.165) is 5.56 Å². The highest BCUT2D eigenvalue weighted by molar-refractivity contribution is 6.35. The van der Waals surface area contributed by atoms with Gasteiger partial charge in [-0.1, -0.05) is 43.1 Å². The molecule has 1 aliphatic rings. The van der Waals surface area contributed by atoms with E-state index in [0.29, 0.717) is 40.8 Å². The number of amides is 3. The molecule has 1 unspecified atom stereocenters. The molecule has 0 aliphatic carbocycles. The van der Waals surface area contributed by atoms with Crippen LogP contribution in [0, 0.1) is 12.8 Å². The van der Waals surface area contributed by atoms with E-state index < -0.39 is 6.04 Å². The molecule has 0 spiro atoms. The molecule has 1 saturated heterocycles. The van der Waals surface area contributed by atoms with E-state index in [2.05, 4.69) is 10.6 Å². The molecule has 31 heavy (non-hydrogen) atoms. The summed E-state index contributed by atoms with van der Waals surface area (Å²) in [5.74, 6) is -0.859. The molecule has 2 aromatic rings. The molecular formula is C23H25Cl2N3O3. The van der Waals surface area contributed by atoms with Crippen molar-refractivity contribution in [3.8, 4) is 0 Å². The van der Waals surface area contributed by atoms with Crippen LogP contribution in [0.15, 0.2) is 36.4 Å². The van der Waals surface area contributed by atoms with Crippen molar-refractivity contribution in [3.63, 3.8) is 0 Å². The van der Waals surface area contributed by atoms with Crippen molar-refractivity contribution in [2.45, 2.75) is 39.7 Å². The van der Waals surface area contributed by atoms with Crippen LogP contribution in [0.3, 0.4) is 0 Å². The van der Waals surface area contributed by atoms with Gasteiger partial charge in [0.2, 0.25) is 11.8 Å². The summed E-state index contributed by atoms with van der Waals surface area (Å²) in [7, 11) is 0. The first kappa shape index (κ1) is 23.1. The van der Waals surface area contributed by atoms with Gasteiger partial charge in [-0.05, 0) is 55.7 Å². The van der Waals surface area contributed by atoms with Crippen LogP contribution >= 0.6 is 23.2 Å². The molecule has 0 saturated carbocycles. The molecule has 8 heteroatoms. The van der Waals surface area contributed by atoms with Gasteiger partial charge in [0.25, 0.3) is 5.91 Å². The van der Waals surface area contributed by atoms with E-state index in [1.54, 1.807) is 24.3 Å². The molecule has 6 nitrogen and oxygen atoms in total. The second-order valence-electron chi connectivity index (χ2n) is 7.94. The Morgan fingerprint density at radius 1 is 1.06 bits per heavy atom. The molecule has 3 rings (SSSR count). The number of carbonyl (C=O) groups excluding carboxylic acids is 3. The number of hydrogen-bond donors (Lipinski definition) is 2. The fourth-order valence-electron chi connectivity index (χ4n) is 3.44. The van der Waals surface area contributed by atoms with Crippen LogP contribution in [-0.4, -0.2) is 35.2 Å². The minimum Gasteiger partial charge on any atom is -0.327 e. The summed E-state index contributed by atoms with van der Waals surface area (Å²) >= 11 is 12.2. The molecule has 1 fully saturated rings. The molecule has 0 aromatic heterocycles. The predicted octanol–water partition coefficient (Wildman–Crippen LogP) is 5.14. The first-order chi connectivity index (χ1) is 14.7. The van der Waals surface area contributed by atoms with Crippen molar-refractivity contribution >= 4 is 52.3 Å². The van der Waals surface area contributed by atoms with E-state index in [4.69, 9.17) is 23.2 Å². The van der Waals surface area contributed by atoms with Crippen LogP contribution in [-0.2, 0) is 9.59 Å². The maximum Gasteiger partial charge on any atom is 0.256 e. The lowest BCUT2D eigenvalue weighted by Crippen LogP contribution is -2.43. The van der Waals surface area contributed by atoms with Gasteiger partial charge in [0.15, 0.2) is 0 Å². The molecule has 3 amide bonds. The molecule has 1 atom stereocenters. The van der Waals surface area contributed by atoms with E-state index in [9.17, 15) is 14.4 Å². The van der Waals surface area contributed by atoms with Crippen molar-refractivity contribution in [2.75, 3.05) is 17.2 Å². The van der Waals surface area contributed by atoms with E-state index in [1.165, 1.54) is 11.0 Å². The summed E-state index contributed by atoms with van der Waals surface area (Å²) in [5.41, 5.74) is 2.32. The lowest BCUT2D eigenvalue weighted by molar-refractivity contribution is -0.120. The number of nitrogens with one attached hydrogen (secondary N) is 2. The van der Waals surface area contributed by atoms with Gasteiger partial charge in [-0.2, -0.15) is 0 Å². The highest BCUT2D eigenvalue weighted by Crippen LogP contribution is 2.28. The maximum atomic E-state index is 13.1. The minimum atomic E-state index is -0.615. The largest absolute Gasteiger partial charge is 0.327 e. The number of likely N-dealkylation sites (tertiary alicyclic amines) is 1. The topological polar surface area (TPSA) is 78.5 Å². The zero-order chi connectivity index (χ0) is 22.7. The van der Waals surface area contributed by atoms with Crippen molar-refractivity contribution in [2.24, 2.45) is 5.92 Å².